The van der Waals surface area contributed by atoms with Crippen LogP contribution in [-0.4, -0.2) is 47.5 Å². The molecule has 1 aromatic heterocycles. The van der Waals surface area contributed by atoms with E-state index in [9.17, 15) is 14.4 Å². The maximum Gasteiger partial charge on any atom is 0.325 e. The quantitative estimate of drug-likeness (QED) is 0.705. The fourth-order valence-corrected chi connectivity index (χ4v) is 3.82. The summed E-state index contributed by atoms with van der Waals surface area (Å²) in [6.45, 7) is 3.24. The lowest BCUT2D eigenvalue weighted by atomic mass is 9.97. The van der Waals surface area contributed by atoms with Gasteiger partial charge in [0.25, 0.3) is 0 Å². The van der Waals surface area contributed by atoms with Crippen LogP contribution in [0.15, 0.2) is 35.7 Å². The summed E-state index contributed by atoms with van der Waals surface area (Å²) in [4.78, 5) is 42.4. The van der Waals surface area contributed by atoms with Gasteiger partial charge in [-0.3, -0.25) is 14.9 Å². The SMILES string of the molecule is CCOC(=O)C1CCN(C(=O)Cc2csc(NC(=O)Nc3ccccc3)n2)CC1. The van der Waals surface area contributed by atoms with Gasteiger partial charge in [-0.25, -0.2) is 9.78 Å². The monoisotopic (exact) mass is 416 g/mol. The van der Waals surface area contributed by atoms with Crippen molar-refractivity contribution < 1.29 is 19.1 Å². The number of amides is 3. The second kappa shape index (κ2) is 10.0. The summed E-state index contributed by atoms with van der Waals surface area (Å²) < 4.78 is 5.05. The van der Waals surface area contributed by atoms with E-state index < -0.39 is 0 Å². The number of urea groups is 1. The van der Waals surface area contributed by atoms with Gasteiger partial charge in [0, 0.05) is 24.2 Å². The Kier molecular flexibility index (Phi) is 7.18. The molecule has 0 spiro atoms. The van der Waals surface area contributed by atoms with Gasteiger partial charge in [-0.05, 0) is 31.9 Å². The third-order valence-electron chi connectivity index (χ3n) is 4.60. The van der Waals surface area contributed by atoms with Crippen molar-refractivity contribution in [2.45, 2.75) is 26.2 Å². The number of hydrogen-bond donors (Lipinski definition) is 2. The van der Waals surface area contributed by atoms with Crippen molar-refractivity contribution in [2.75, 3.05) is 30.3 Å². The number of nitrogens with zero attached hydrogens (tertiary/aromatic N) is 2. The minimum absolute atomic E-state index is 0.0297. The molecule has 0 bridgehead atoms. The van der Waals surface area contributed by atoms with Gasteiger partial charge in [-0.1, -0.05) is 18.2 Å². The number of carbonyl (C=O) groups is 3. The molecule has 3 rings (SSSR count). The molecule has 0 unspecified atom stereocenters. The first-order valence-electron chi connectivity index (χ1n) is 9.57. The summed E-state index contributed by atoms with van der Waals surface area (Å²) in [5.41, 5.74) is 1.30. The van der Waals surface area contributed by atoms with E-state index >= 15 is 0 Å². The number of thiazole rings is 1. The van der Waals surface area contributed by atoms with Crippen molar-refractivity contribution in [2.24, 2.45) is 5.92 Å². The molecule has 2 N–H and O–H groups in total. The molecule has 0 aliphatic carbocycles. The van der Waals surface area contributed by atoms with Crippen molar-refractivity contribution in [3.05, 3.63) is 41.4 Å². The van der Waals surface area contributed by atoms with Crippen LogP contribution in [0, 0.1) is 5.92 Å². The minimum Gasteiger partial charge on any atom is -0.466 e. The molecule has 1 fully saturated rings. The molecule has 0 saturated carbocycles. The highest BCUT2D eigenvalue weighted by Crippen LogP contribution is 2.21. The fraction of sp³-hybridized carbons (Fsp3) is 0.400. The van der Waals surface area contributed by atoms with E-state index in [1.54, 1.807) is 29.3 Å². The molecule has 1 saturated heterocycles. The summed E-state index contributed by atoms with van der Waals surface area (Å²) in [6, 6.07) is 8.72. The van der Waals surface area contributed by atoms with E-state index in [0.717, 1.165) is 0 Å². The Labute approximate surface area is 173 Å². The highest BCUT2D eigenvalue weighted by atomic mass is 32.1. The third-order valence-corrected chi connectivity index (χ3v) is 5.41. The minimum atomic E-state index is -0.385. The number of rotatable bonds is 6. The lowest BCUT2D eigenvalue weighted by molar-refractivity contribution is -0.151. The van der Waals surface area contributed by atoms with Gasteiger partial charge in [0.1, 0.15) is 0 Å². The molecule has 1 aliphatic heterocycles. The molecule has 1 aromatic carbocycles. The lowest BCUT2D eigenvalue weighted by Gasteiger charge is -2.30. The van der Waals surface area contributed by atoms with E-state index in [2.05, 4.69) is 15.6 Å². The van der Waals surface area contributed by atoms with Gasteiger partial charge in [0.05, 0.1) is 24.6 Å². The van der Waals surface area contributed by atoms with Gasteiger partial charge >= 0.3 is 12.0 Å². The third kappa shape index (κ3) is 6.02. The number of nitrogens with one attached hydrogen (secondary N) is 2. The molecule has 29 heavy (non-hydrogen) atoms. The Morgan fingerprint density at radius 3 is 2.59 bits per heavy atom. The van der Waals surface area contributed by atoms with Gasteiger partial charge in [-0.2, -0.15) is 0 Å². The molecular formula is C20H24N4O4S. The van der Waals surface area contributed by atoms with Gasteiger partial charge in [0.2, 0.25) is 5.91 Å². The highest BCUT2D eigenvalue weighted by Gasteiger charge is 2.28. The predicted molar refractivity (Wildman–Crippen MR) is 111 cm³/mol. The molecule has 9 heteroatoms. The van der Waals surface area contributed by atoms with Crippen molar-refractivity contribution in [3.63, 3.8) is 0 Å². The Morgan fingerprint density at radius 2 is 1.90 bits per heavy atom. The number of carbonyl (C=O) groups excluding carboxylic acids is 3. The summed E-state index contributed by atoms with van der Waals surface area (Å²) in [5, 5.41) is 7.59. The van der Waals surface area contributed by atoms with Crippen LogP contribution in [-0.2, 0) is 20.7 Å². The van der Waals surface area contributed by atoms with E-state index in [4.69, 9.17) is 4.74 Å². The number of esters is 1. The second-order valence-corrected chi connectivity index (χ2v) is 7.53. The average molecular weight is 417 g/mol. The standard InChI is InChI=1S/C20H24N4O4S/c1-2-28-18(26)14-8-10-24(11-9-14)17(25)12-16-13-29-20(22-16)23-19(27)21-15-6-4-3-5-7-15/h3-7,13-14H,2,8-12H2,1H3,(H2,21,22,23,27). The molecule has 154 valence electrons. The zero-order valence-corrected chi connectivity index (χ0v) is 17.0. The maximum atomic E-state index is 12.5. The van der Waals surface area contributed by atoms with E-state index in [-0.39, 0.29) is 30.2 Å². The average Bonchev–Trinajstić information content (AvgIpc) is 3.15. The normalized spacial score (nSPS) is 14.3. The second-order valence-electron chi connectivity index (χ2n) is 6.67. The van der Waals surface area contributed by atoms with Crippen molar-refractivity contribution in [1.29, 1.82) is 0 Å². The Hall–Kier alpha value is -2.94. The van der Waals surface area contributed by atoms with Crippen LogP contribution in [0.2, 0.25) is 0 Å². The molecule has 3 amide bonds. The van der Waals surface area contributed by atoms with Crippen LogP contribution in [0.25, 0.3) is 0 Å². The Morgan fingerprint density at radius 1 is 1.17 bits per heavy atom. The van der Waals surface area contributed by atoms with Crippen molar-refractivity contribution >= 4 is 40.1 Å². The van der Waals surface area contributed by atoms with Gasteiger partial charge < -0.3 is 15.0 Å². The zero-order chi connectivity index (χ0) is 20.6. The number of likely N-dealkylation sites (tertiary alicyclic amines) is 1. The number of para-hydroxylation sites is 1. The molecule has 2 aromatic rings. The van der Waals surface area contributed by atoms with Crippen molar-refractivity contribution in [3.8, 4) is 0 Å². The summed E-state index contributed by atoms with van der Waals surface area (Å²) in [6.07, 6.45) is 1.41. The Bertz CT molecular complexity index is 847. The van der Waals surface area contributed by atoms with E-state index in [1.807, 2.05) is 18.2 Å². The van der Waals surface area contributed by atoms with E-state index in [1.165, 1.54) is 11.3 Å². The summed E-state index contributed by atoms with van der Waals surface area (Å²) in [5.74, 6) is -0.335. The van der Waals surface area contributed by atoms with Crippen LogP contribution < -0.4 is 10.6 Å². The topological polar surface area (TPSA) is 101 Å². The fourth-order valence-electron chi connectivity index (χ4n) is 3.12. The highest BCUT2D eigenvalue weighted by molar-refractivity contribution is 7.14. The van der Waals surface area contributed by atoms with Crippen LogP contribution in [0.3, 0.4) is 0 Å². The number of ether oxygens (including phenoxy) is 1. The molecular weight excluding hydrogens is 392 g/mol. The number of piperidine rings is 1. The van der Waals surface area contributed by atoms with Gasteiger partial charge in [-0.15, -0.1) is 11.3 Å². The van der Waals surface area contributed by atoms with E-state index in [0.29, 0.717) is 49.1 Å². The molecule has 2 heterocycles. The predicted octanol–water partition coefficient (Wildman–Crippen LogP) is 3.13. The largest absolute Gasteiger partial charge is 0.466 e. The number of anilines is 2. The summed E-state index contributed by atoms with van der Waals surface area (Å²) >= 11 is 1.27. The number of hydrogen-bond acceptors (Lipinski definition) is 6. The maximum absolute atomic E-state index is 12.5. The smallest absolute Gasteiger partial charge is 0.325 e. The first-order chi connectivity index (χ1) is 14.0. The van der Waals surface area contributed by atoms with Gasteiger partial charge in [0.15, 0.2) is 5.13 Å². The first-order valence-corrected chi connectivity index (χ1v) is 10.4. The zero-order valence-electron chi connectivity index (χ0n) is 16.2. The van der Waals surface area contributed by atoms with Crippen LogP contribution in [0.5, 0.6) is 0 Å². The lowest BCUT2D eigenvalue weighted by Crippen LogP contribution is -2.41. The molecule has 0 atom stereocenters. The Balaban J connectivity index is 1.45. The van der Waals surface area contributed by atoms with Crippen molar-refractivity contribution in [1.82, 2.24) is 9.88 Å². The number of aromatic nitrogens is 1. The first kappa shape index (κ1) is 20.8. The number of benzene rings is 1. The molecule has 1 aliphatic rings. The molecule has 0 radical (unpaired) electrons. The van der Waals surface area contributed by atoms with Crippen LogP contribution in [0.1, 0.15) is 25.5 Å². The van der Waals surface area contributed by atoms with Crippen LogP contribution >= 0.6 is 11.3 Å². The van der Waals surface area contributed by atoms with Crippen LogP contribution in [0.4, 0.5) is 15.6 Å². The molecule has 8 nitrogen and oxygen atoms in total. The summed E-state index contributed by atoms with van der Waals surface area (Å²) in [7, 11) is 0.